The number of phenolic OH excluding ortho intramolecular Hbond substituents is 1. The smallest absolute Gasteiger partial charge is 0.349 e. The Morgan fingerprint density at radius 1 is 1.03 bits per heavy atom. The molecule has 11 heteroatoms. The fraction of sp³-hybridized carbons (Fsp3) is 0.0870. The number of ether oxygens (including phenoxy) is 1. The molecule has 0 spiro atoms. The van der Waals surface area contributed by atoms with Crippen molar-refractivity contribution in [3.63, 3.8) is 0 Å². The molecule has 0 atom stereocenters. The van der Waals surface area contributed by atoms with Crippen molar-refractivity contribution in [2.45, 2.75) is 6.54 Å². The summed E-state index contributed by atoms with van der Waals surface area (Å²) in [4.78, 5) is 27.3. The first kappa shape index (κ1) is 23.7. The lowest BCUT2D eigenvalue weighted by atomic mass is 10.1. The molecule has 0 unspecified atom stereocenters. The Bertz CT molecular complexity index is 1450. The number of anilines is 1. The number of aromatic nitrogens is 3. The van der Waals surface area contributed by atoms with Crippen LogP contribution in [0.15, 0.2) is 70.4 Å². The van der Waals surface area contributed by atoms with Gasteiger partial charge in [0.05, 0.1) is 15.7 Å². The summed E-state index contributed by atoms with van der Waals surface area (Å²) in [5.41, 5.74) is 0.426. The zero-order chi connectivity index (χ0) is 24.4. The minimum absolute atomic E-state index is 0.101. The third-order valence-electron chi connectivity index (χ3n) is 4.89. The van der Waals surface area contributed by atoms with Crippen LogP contribution in [0.1, 0.15) is 5.56 Å². The van der Waals surface area contributed by atoms with Crippen LogP contribution in [0.25, 0.3) is 5.69 Å². The van der Waals surface area contributed by atoms with E-state index < -0.39 is 11.2 Å². The molecular formula is C23H17Cl3N4O4. The fourth-order valence-electron chi connectivity index (χ4n) is 3.22. The number of aromatic hydroxyl groups is 1. The molecule has 1 heterocycles. The molecule has 0 saturated heterocycles. The van der Waals surface area contributed by atoms with Gasteiger partial charge in [-0.3, -0.25) is 9.78 Å². The maximum absolute atomic E-state index is 12.0. The Balaban J connectivity index is 1.59. The zero-order valence-corrected chi connectivity index (χ0v) is 19.9. The van der Waals surface area contributed by atoms with Crippen molar-refractivity contribution in [1.29, 1.82) is 0 Å². The van der Waals surface area contributed by atoms with Gasteiger partial charge < -0.3 is 14.7 Å². The molecule has 3 aromatic carbocycles. The molecule has 0 radical (unpaired) electrons. The number of rotatable bonds is 6. The summed E-state index contributed by atoms with van der Waals surface area (Å²) >= 11 is 18.7. The molecule has 4 rings (SSSR count). The van der Waals surface area contributed by atoms with Crippen molar-refractivity contribution in [2.75, 3.05) is 11.9 Å². The fourth-order valence-corrected chi connectivity index (χ4v) is 3.89. The van der Waals surface area contributed by atoms with Gasteiger partial charge in [0.15, 0.2) is 5.75 Å². The monoisotopic (exact) mass is 518 g/mol. The van der Waals surface area contributed by atoms with Gasteiger partial charge in [0.1, 0.15) is 17.7 Å². The van der Waals surface area contributed by atoms with Gasteiger partial charge in [-0.05, 0) is 54.6 Å². The molecule has 0 aliphatic carbocycles. The molecule has 34 heavy (non-hydrogen) atoms. The highest BCUT2D eigenvalue weighted by atomic mass is 35.5. The van der Waals surface area contributed by atoms with Crippen molar-refractivity contribution < 1.29 is 9.84 Å². The molecule has 0 aliphatic heterocycles. The average molecular weight is 520 g/mol. The summed E-state index contributed by atoms with van der Waals surface area (Å²) in [5.74, 6) is 0.657. The van der Waals surface area contributed by atoms with E-state index in [0.29, 0.717) is 22.9 Å². The van der Waals surface area contributed by atoms with Crippen LogP contribution in [-0.2, 0) is 6.54 Å². The van der Waals surface area contributed by atoms with E-state index in [4.69, 9.17) is 39.5 Å². The summed E-state index contributed by atoms with van der Waals surface area (Å²) in [6, 6.07) is 15.0. The van der Waals surface area contributed by atoms with Gasteiger partial charge in [-0.15, -0.1) is 0 Å². The van der Waals surface area contributed by atoms with E-state index in [1.165, 1.54) is 18.2 Å². The Hall–Kier alpha value is -3.46. The third kappa shape index (κ3) is 5.20. The number of H-pyrrole nitrogens is 1. The van der Waals surface area contributed by atoms with Crippen molar-refractivity contribution in [1.82, 2.24) is 14.8 Å². The summed E-state index contributed by atoms with van der Waals surface area (Å²) in [6.07, 6.45) is 0.965. The highest BCUT2D eigenvalue weighted by Gasteiger charge is 2.15. The van der Waals surface area contributed by atoms with E-state index in [0.717, 1.165) is 16.6 Å². The molecule has 1 aromatic heterocycles. The molecule has 0 saturated carbocycles. The normalized spacial score (nSPS) is 10.8. The SMILES string of the molecule is CN(Cc1cc(Oc2c(Cl)cc(-n3ncc(=O)[nH]c3=O)cc2Cl)ccc1O)c1ccc(Cl)cc1. The first-order chi connectivity index (χ1) is 16.2. The van der Waals surface area contributed by atoms with Gasteiger partial charge in [0.25, 0.3) is 5.56 Å². The average Bonchev–Trinajstić information content (AvgIpc) is 2.78. The maximum Gasteiger partial charge on any atom is 0.349 e. The number of nitrogens with one attached hydrogen (secondary N) is 1. The molecule has 0 bridgehead atoms. The van der Waals surface area contributed by atoms with Gasteiger partial charge in [0, 0.05) is 29.9 Å². The number of hydrogen-bond donors (Lipinski definition) is 2. The van der Waals surface area contributed by atoms with Gasteiger partial charge >= 0.3 is 5.69 Å². The minimum Gasteiger partial charge on any atom is -0.508 e. The second kappa shape index (κ2) is 9.80. The first-order valence-electron chi connectivity index (χ1n) is 9.86. The van der Waals surface area contributed by atoms with Gasteiger partial charge in [0.2, 0.25) is 0 Å². The molecule has 174 valence electrons. The third-order valence-corrected chi connectivity index (χ3v) is 5.70. The van der Waals surface area contributed by atoms with E-state index in [1.807, 2.05) is 24.1 Å². The number of nitrogens with zero attached hydrogens (tertiary/aromatic N) is 3. The molecule has 2 N–H and O–H groups in total. The maximum atomic E-state index is 12.0. The lowest BCUT2D eigenvalue weighted by molar-refractivity contribution is 0.457. The van der Waals surface area contributed by atoms with Crippen LogP contribution in [0.3, 0.4) is 0 Å². The van der Waals surface area contributed by atoms with Crippen molar-refractivity contribution in [3.05, 3.63) is 102 Å². The van der Waals surface area contributed by atoms with E-state index in [2.05, 4.69) is 10.1 Å². The Kier molecular flexibility index (Phi) is 6.83. The summed E-state index contributed by atoms with van der Waals surface area (Å²) < 4.78 is 6.85. The number of phenols is 1. The van der Waals surface area contributed by atoms with Crippen LogP contribution in [-0.4, -0.2) is 26.9 Å². The molecule has 0 aliphatic rings. The quantitative estimate of drug-likeness (QED) is 0.371. The summed E-state index contributed by atoms with van der Waals surface area (Å²) in [7, 11) is 1.88. The van der Waals surface area contributed by atoms with Crippen molar-refractivity contribution in [3.8, 4) is 22.9 Å². The Labute approximate surface area is 208 Å². The highest BCUT2D eigenvalue weighted by molar-refractivity contribution is 6.37. The van der Waals surface area contributed by atoms with E-state index in [1.54, 1.807) is 24.3 Å². The largest absolute Gasteiger partial charge is 0.508 e. The second-order valence-electron chi connectivity index (χ2n) is 7.31. The van der Waals surface area contributed by atoms with Crippen molar-refractivity contribution >= 4 is 40.5 Å². The van der Waals surface area contributed by atoms with Crippen LogP contribution < -0.4 is 20.9 Å². The molecule has 0 fully saturated rings. The van der Waals surface area contributed by atoms with Gasteiger partial charge in [-0.2, -0.15) is 9.78 Å². The molecule has 8 nitrogen and oxygen atoms in total. The minimum atomic E-state index is -0.735. The lowest BCUT2D eigenvalue weighted by Gasteiger charge is -2.20. The predicted octanol–water partition coefficient (Wildman–Crippen LogP) is 5.02. The number of benzene rings is 3. The van der Waals surface area contributed by atoms with Crippen LogP contribution in [0.4, 0.5) is 5.69 Å². The van der Waals surface area contributed by atoms with Gasteiger partial charge in [-0.25, -0.2) is 4.79 Å². The summed E-state index contributed by atoms with van der Waals surface area (Å²) in [6.45, 7) is 0.395. The van der Waals surface area contributed by atoms with Crippen LogP contribution in [0, 0.1) is 0 Å². The van der Waals surface area contributed by atoms with E-state index >= 15 is 0 Å². The zero-order valence-electron chi connectivity index (χ0n) is 17.6. The summed E-state index contributed by atoms with van der Waals surface area (Å²) in [5, 5.41) is 15.0. The number of aromatic amines is 1. The second-order valence-corrected chi connectivity index (χ2v) is 8.57. The number of halogens is 3. The van der Waals surface area contributed by atoms with E-state index in [9.17, 15) is 14.7 Å². The van der Waals surface area contributed by atoms with Crippen LogP contribution in [0.5, 0.6) is 17.2 Å². The predicted molar refractivity (Wildman–Crippen MR) is 132 cm³/mol. The molecular weight excluding hydrogens is 503 g/mol. The van der Waals surface area contributed by atoms with E-state index in [-0.39, 0.29) is 27.2 Å². The molecule has 4 aromatic rings. The Morgan fingerprint density at radius 3 is 2.35 bits per heavy atom. The first-order valence-corrected chi connectivity index (χ1v) is 11.0. The van der Waals surface area contributed by atoms with Crippen LogP contribution >= 0.6 is 34.8 Å². The lowest BCUT2D eigenvalue weighted by Crippen LogP contribution is -2.30. The van der Waals surface area contributed by atoms with Crippen molar-refractivity contribution in [2.24, 2.45) is 0 Å². The Morgan fingerprint density at radius 2 is 1.71 bits per heavy atom. The number of hydrogen-bond acceptors (Lipinski definition) is 6. The standard InChI is InChI=1S/C23H17Cl3N4O4/c1-29(15-4-2-14(24)3-5-15)12-13-8-17(6-7-20(13)31)34-22-18(25)9-16(10-19(22)26)30-23(33)28-21(32)11-27-30/h2-11,31H,12H2,1H3,(H,28,32,33). The van der Waals surface area contributed by atoms with Gasteiger partial charge in [-0.1, -0.05) is 34.8 Å². The highest BCUT2D eigenvalue weighted by Crippen LogP contribution is 2.39. The van der Waals surface area contributed by atoms with Crippen LogP contribution in [0.2, 0.25) is 15.1 Å². The molecule has 0 amide bonds. The topological polar surface area (TPSA) is 100 Å².